The summed E-state index contributed by atoms with van der Waals surface area (Å²) in [5.41, 5.74) is 0.568. The van der Waals surface area contributed by atoms with E-state index in [-0.39, 0.29) is 12.0 Å². The van der Waals surface area contributed by atoms with Crippen LogP contribution in [0.25, 0.3) is 0 Å². The number of hydrogen-bond donors (Lipinski definition) is 0. The Labute approximate surface area is 94.6 Å². The van der Waals surface area contributed by atoms with E-state index >= 15 is 0 Å². The number of hydrogen-bond acceptors (Lipinski definition) is 3. The van der Waals surface area contributed by atoms with E-state index in [1.165, 1.54) is 13.2 Å². The van der Waals surface area contributed by atoms with Gasteiger partial charge in [-0.3, -0.25) is 4.79 Å². The smallest absolute Gasteiger partial charge is 0.310 e. The van der Waals surface area contributed by atoms with Crippen LogP contribution in [-0.4, -0.2) is 13.1 Å². The molecule has 0 saturated carbocycles. The van der Waals surface area contributed by atoms with Gasteiger partial charge < -0.3 is 4.74 Å². The van der Waals surface area contributed by atoms with E-state index in [4.69, 9.17) is 5.26 Å². The maximum Gasteiger partial charge on any atom is 0.310 e. The summed E-state index contributed by atoms with van der Waals surface area (Å²) in [6, 6.07) is 4.12. The second-order valence-corrected chi connectivity index (χ2v) is 3.63. The molecule has 0 aliphatic heterocycles. The van der Waals surface area contributed by atoms with Crippen LogP contribution in [0.15, 0.2) is 16.6 Å². The highest BCUT2D eigenvalue weighted by atomic mass is 79.9. The first-order valence-electron chi connectivity index (χ1n) is 4.03. The molecule has 0 saturated heterocycles. The zero-order valence-corrected chi connectivity index (χ0v) is 9.47. The van der Waals surface area contributed by atoms with Crippen LogP contribution in [0.1, 0.15) is 11.1 Å². The number of carbonyl (C=O) groups excluding carboxylic acids is 1. The lowest BCUT2D eigenvalue weighted by atomic mass is 10.1. The van der Waals surface area contributed by atoms with E-state index in [0.717, 1.165) is 6.07 Å². The molecule has 5 heteroatoms. The molecule has 78 valence electrons. The maximum atomic E-state index is 12.9. The summed E-state index contributed by atoms with van der Waals surface area (Å²) in [5, 5.41) is 8.76. The summed E-state index contributed by atoms with van der Waals surface area (Å²) in [7, 11) is 1.26. The van der Waals surface area contributed by atoms with Gasteiger partial charge in [0.15, 0.2) is 0 Å². The van der Waals surface area contributed by atoms with Gasteiger partial charge in [0.05, 0.1) is 25.2 Å². The Balaban J connectivity index is 3.17. The van der Waals surface area contributed by atoms with Crippen LogP contribution in [0, 0.1) is 17.1 Å². The molecular weight excluding hydrogens is 265 g/mol. The van der Waals surface area contributed by atoms with Crippen molar-refractivity contribution in [3.05, 3.63) is 33.5 Å². The minimum Gasteiger partial charge on any atom is -0.469 e. The molecule has 0 aromatic heterocycles. The van der Waals surface area contributed by atoms with Crippen molar-refractivity contribution < 1.29 is 13.9 Å². The molecule has 3 nitrogen and oxygen atoms in total. The molecule has 0 amide bonds. The summed E-state index contributed by atoms with van der Waals surface area (Å²) in [6.07, 6.45) is -0.0553. The van der Waals surface area contributed by atoms with Gasteiger partial charge in [0.1, 0.15) is 5.82 Å². The van der Waals surface area contributed by atoms with Gasteiger partial charge >= 0.3 is 5.97 Å². The molecule has 0 atom stereocenters. The lowest BCUT2D eigenvalue weighted by Gasteiger charge is -2.05. The van der Waals surface area contributed by atoms with Crippen molar-refractivity contribution in [1.82, 2.24) is 0 Å². The van der Waals surface area contributed by atoms with Gasteiger partial charge in [0.2, 0.25) is 0 Å². The van der Waals surface area contributed by atoms with E-state index in [0.29, 0.717) is 10.0 Å². The van der Waals surface area contributed by atoms with Crippen molar-refractivity contribution in [2.45, 2.75) is 6.42 Å². The van der Waals surface area contributed by atoms with Crippen molar-refractivity contribution in [2.75, 3.05) is 7.11 Å². The van der Waals surface area contributed by atoms with E-state index in [2.05, 4.69) is 20.7 Å². The number of rotatable bonds is 2. The normalized spacial score (nSPS) is 9.47. The minimum atomic E-state index is -0.521. The maximum absolute atomic E-state index is 12.9. The fourth-order valence-electron chi connectivity index (χ4n) is 1.10. The molecule has 0 spiro atoms. The highest BCUT2D eigenvalue weighted by Crippen LogP contribution is 2.23. The zero-order valence-electron chi connectivity index (χ0n) is 7.88. The van der Waals surface area contributed by atoms with Crippen molar-refractivity contribution in [1.29, 1.82) is 5.26 Å². The standard InChI is InChI=1S/C10H7BrFNO2/c1-15-10(14)4-8-6(5-13)2-7(12)3-9(8)11/h2-3H,4H2,1H3. The number of benzene rings is 1. The Morgan fingerprint density at radius 3 is 2.87 bits per heavy atom. The Kier molecular flexibility index (Phi) is 3.81. The molecule has 0 aliphatic rings. The monoisotopic (exact) mass is 271 g/mol. The minimum absolute atomic E-state index is 0.0553. The number of esters is 1. The SMILES string of the molecule is COC(=O)Cc1c(Br)cc(F)cc1C#N. The molecule has 0 heterocycles. The first-order chi connectivity index (χ1) is 7.08. The van der Waals surface area contributed by atoms with E-state index in [1.807, 2.05) is 6.07 Å². The van der Waals surface area contributed by atoms with Crippen LogP contribution < -0.4 is 0 Å². The predicted molar refractivity (Wildman–Crippen MR) is 54.5 cm³/mol. The molecule has 0 unspecified atom stereocenters. The Bertz CT molecular complexity index is 440. The van der Waals surface area contributed by atoms with Gasteiger partial charge in [0, 0.05) is 4.47 Å². The Morgan fingerprint density at radius 2 is 2.33 bits per heavy atom. The molecule has 1 aromatic rings. The van der Waals surface area contributed by atoms with Crippen molar-refractivity contribution in [3.8, 4) is 6.07 Å². The average molecular weight is 272 g/mol. The number of carbonyl (C=O) groups is 1. The number of nitrogens with zero attached hydrogens (tertiary/aromatic N) is 1. The Morgan fingerprint density at radius 1 is 1.67 bits per heavy atom. The molecule has 0 radical (unpaired) electrons. The van der Waals surface area contributed by atoms with Crippen molar-refractivity contribution in [2.24, 2.45) is 0 Å². The third-order valence-corrected chi connectivity index (χ3v) is 2.54. The number of methoxy groups -OCH3 is 1. The second kappa shape index (κ2) is 4.89. The molecule has 0 fully saturated rings. The van der Waals surface area contributed by atoms with Crippen LogP contribution in [-0.2, 0) is 16.0 Å². The van der Waals surface area contributed by atoms with Crippen molar-refractivity contribution in [3.63, 3.8) is 0 Å². The third kappa shape index (κ3) is 2.77. The molecule has 1 rings (SSSR count). The van der Waals surface area contributed by atoms with Crippen LogP contribution >= 0.6 is 15.9 Å². The van der Waals surface area contributed by atoms with Gasteiger partial charge in [-0.1, -0.05) is 15.9 Å². The van der Waals surface area contributed by atoms with Crippen LogP contribution in [0.3, 0.4) is 0 Å². The molecule has 0 bridgehead atoms. The topological polar surface area (TPSA) is 50.1 Å². The molecule has 15 heavy (non-hydrogen) atoms. The summed E-state index contributed by atoms with van der Waals surface area (Å²) in [5.74, 6) is -0.995. The summed E-state index contributed by atoms with van der Waals surface area (Å²) in [6.45, 7) is 0. The van der Waals surface area contributed by atoms with Crippen molar-refractivity contribution >= 4 is 21.9 Å². The van der Waals surface area contributed by atoms with E-state index < -0.39 is 11.8 Å². The second-order valence-electron chi connectivity index (χ2n) is 2.78. The number of ether oxygens (including phenoxy) is 1. The van der Waals surface area contributed by atoms with Gasteiger partial charge in [-0.2, -0.15) is 5.26 Å². The lowest BCUT2D eigenvalue weighted by molar-refractivity contribution is -0.139. The average Bonchev–Trinajstić information content (AvgIpc) is 2.21. The van der Waals surface area contributed by atoms with Crippen LogP contribution in [0.4, 0.5) is 4.39 Å². The van der Waals surface area contributed by atoms with Gasteiger partial charge in [-0.15, -0.1) is 0 Å². The fourth-order valence-corrected chi connectivity index (χ4v) is 1.67. The number of nitriles is 1. The van der Waals surface area contributed by atoms with E-state index in [9.17, 15) is 9.18 Å². The quantitative estimate of drug-likeness (QED) is 0.775. The predicted octanol–water partition coefficient (Wildman–Crippen LogP) is 2.18. The number of halogens is 2. The molecule has 0 N–H and O–H groups in total. The largest absolute Gasteiger partial charge is 0.469 e. The Hall–Kier alpha value is -1.41. The summed E-state index contributed by atoms with van der Waals surface area (Å²) >= 11 is 3.10. The molecule has 1 aromatic carbocycles. The lowest BCUT2D eigenvalue weighted by Crippen LogP contribution is -2.07. The van der Waals surface area contributed by atoms with Gasteiger partial charge in [-0.05, 0) is 17.7 Å². The first kappa shape index (κ1) is 11.7. The summed E-state index contributed by atoms with van der Waals surface area (Å²) < 4.78 is 17.8. The first-order valence-corrected chi connectivity index (χ1v) is 4.82. The van der Waals surface area contributed by atoms with E-state index in [1.54, 1.807) is 0 Å². The molecule has 0 aliphatic carbocycles. The third-order valence-electron chi connectivity index (χ3n) is 1.83. The molecular formula is C10H7BrFNO2. The highest BCUT2D eigenvalue weighted by Gasteiger charge is 2.13. The van der Waals surface area contributed by atoms with Gasteiger partial charge in [0.25, 0.3) is 0 Å². The highest BCUT2D eigenvalue weighted by molar-refractivity contribution is 9.10. The zero-order chi connectivity index (χ0) is 11.4. The summed E-state index contributed by atoms with van der Waals surface area (Å²) in [4.78, 5) is 11.0. The fraction of sp³-hybridized carbons (Fsp3) is 0.200. The van der Waals surface area contributed by atoms with Crippen LogP contribution in [0.5, 0.6) is 0 Å². The van der Waals surface area contributed by atoms with Crippen LogP contribution in [0.2, 0.25) is 0 Å². The van der Waals surface area contributed by atoms with Gasteiger partial charge in [-0.25, -0.2) is 4.39 Å².